The highest BCUT2D eigenvalue weighted by molar-refractivity contribution is 7.92. The Kier molecular flexibility index (Phi) is 7.06. The Balaban J connectivity index is 2.34. The van der Waals surface area contributed by atoms with Crippen LogP contribution < -0.4 is 9.62 Å². The SMILES string of the molecule is CCC(C(=O)NC(C)c1cc(C)c(C)cc1C)N(c1ccc(F)cc1)S(C)(=O)=O. The molecule has 0 heterocycles. The van der Waals surface area contributed by atoms with E-state index in [1.807, 2.05) is 33.8 Å². The van der Waals surface area contributed by atoms with E-state index in [0.29, 0.717) is 0 Å². The zero-order valence-corrected chi connectivity index (χ0v) is 18.6. The molecule has 0 fully saturated rings. The third-order valence-electron chi connectivity index (χ3n) is 5.12. The van der Waals surface area contributed by atoms with Crippen LogP contribution in [0.3, 0.4) is 0 Å². The Morgan fingerprint density at radius 2 is 1.62 bits per heavy atom. The minimum Gasteiger partial charge on any atom is -0.348 e. The van der Waals surface area contributed by atoms with Crippen molar-refractivity contribution in [2.24, 2.45) is 0 Å². The van der Waals surface area contributed by atoms with Gasteiger partial charge in [0.25, 0.3) is 0 Å². The van der Waals surface area contributed by atoms with Crippen molar-refractivity contribution in [3.05, 3.63) is 64.5 Å². The van der Waals surface area contributed by atoms with Gasteiger partial charge in [0, 0.05) is 0 Å². The summed E-state index contributed by atoms with van der Waals surface area (Å²) in [6.45, 7) is 9.67. The number of nitrogens with one attached hydrogen (secondary N) is 1. The largest absolute Gasteiger partial charge is 0.348 e. The molecule has 0 aliphatic rings. The fourth-order valence-electron chi connectivity index (χ4n) is 3.48. The molecule has 2 atom stereocenters. The van der Waals surface area contributed by atoms with E-state index in [2.05, 4.69) is 11.4 Å². The monoisotopic (exact) mass is 420 g/mol. The third-order valence-corrected chi connectivity index (χ3v) is 6.30. The van der Waals surface area contributed by atoms with Crippen LogP contribution in [0, 0.1) is 26.6 Å². The molecule has 0 aliphatic carbocycles. The normalized spacial score (nSPS) is 13.6. The first kappa shape index (κ1) is 22.9. The van der Waals surface area contributed by atoms with E-state index in [1.54, 1.807) is 6.92 Å². The summed E-state index contributed by atoms with van der Waals surface area (Å²) in [4.78, 5) is 13.1. The van der Waals surface area contributed by atoms with E-state index in [9.17, 15) is 17.6 Å². The molecule has 2 aromatic carbocycles. The number of amides is 1. The zero-order valence-electron chi connectivity index (χ0n) is 17.8. The average molecular weight is 421 g/mol. The van der Waals surface area contributed by atoms with Crippen LogP contribution in [0.15, 0.2) is 36.4 Å². The Hall–Kier alpha value is -2.41. The van der Waals surface area contributed by atoms with Gasteiger partial charge < -0.3 is 5.32 Å². The maximum Gasteiger partial charge on any atom is 0.244 e. The molecule has 1 N–H and O–H groups in total. The van der Waals surface area contributed by atoms with E-state index in [-0.39, 0.29) is 18.2 Å². The van der Waals surface area contributed by atoms with E-state index >= 15 is 0 Å². The molecule has 2 rings (SSSR count). The van der Waals surface area contributed by atoms with Crippen molar-refractivity contribution in [3.63, 3.8) is 0 Å². The summed E-state index contributed by atoms with van der Waals surface area (Å²) < 4.78 is 39.3. The van der Waals surface area contributed by atoms with Crippen LogP contribution in [0.4, 0.5) is 10.1 Å². The molecule has 0 spiro atoms. The third kappa shape index (κ3) is 5.35. The highest BCUT2D eigenvalue weighted by Crippen LogP contribution is 2.25. The number of halogens is 1. The zero-order chi connectivity index (χ0) is 21.9. The molecular weight excluding hydrogens is 391 g/mol. The Morgan fingerprint density at radius 1 is 1.07 bits per heavy atom. The molecule has 5 nitrogen and oxygen atoms in total. The predicted molar refractivity (Wildman–Crippen MR) is 115 cm³/mol. The van der Waals surface area contributed by atoms with Gasteiger partial charge in [0.1, 0.15) is 11.9 Å². The lowest BCUT2D eigenvalue weighted by Gasteiger charge is -2.31. The number of carbonyl (C=O) groups is 1. The minimum absolute atomic E-state index is 0.255. The lowest BCUT2D eigenvalue weighted by molar-refractivity contribution is -0.122. The summed E-state index contributed by atoms with van der Waals surface area (Å²) in [6, 6.07) is 7.98. The smallest absolute Gasteiger partial charge is 0.244 e. The molecule has 0 radical (unpaired) electrons. The van der Waals surface area contributed by atoms with E-state index < -0.39 is 27.8 Å². The molecule has 0 saturated heterocycles. The predicted octanol–water partition coefficient (Wildman–Crippen LogP) is 4.17. The second-order valence-corrected chi connectivity index (χ2v) is 9.34. The van der Waals surface area contributed by atoms with E-state index in [1.165, 1.54) is 29.8 Å². The molecule has 0 saturated carbocycles. The number of aryl methyl sites for hydroxylation is 3. The maximum atomic E-state index is 13.3. The summed E-state index contributed by atoms with van der Waals surface area (Å²) in [7, 11) is -3.76. The number of benzene rings is 2. The van der Waals surface area contributed by atoms with Crippen molar-refractivity contribution in [1.82, 2.24) is 5.32 Å². The van der Waals surface area contributed by atoms with Gasteiger partial charge in [0.2, 0.25) is 15.9 Å². The minimum atomic E-state index is -3.76. The highest BCUT2D eigenvalue weighted by atomic mass is 32.2. The van der Waals surface area contributed by atoms with Crippen molar-refractivity contribution in [2.75, 3.05) is 10.6 Å². The molecule has 2 unspecified atom stereocenters. The van der Waals surface area contributed by atoms with Crippen molar-refractivity contribution >= 4 is 21.6 Å². The summed E-state index contributed by atoms with van der Waals surface area (Å²) >= 11 is 0. The van der Waals surface area contributed by atoms with Crippen LogP contribution in [0.5, 0.6) is 0 Å². The second kappa shape index (κ2) is 8.95. The fraction of sp³-hybridized carbons (Fsp3) is 0.409. The van der Waals surface area contributed by atoms with Gasteiger partial charge in [-0.3, -0.25) is 9.10 Å². The summed E-state index contributed by atoms with van der Waals surface area (Å²) in [5.41, 5.74) is 4.61. The van der Waals surface area contributed by atoms with Crippen LogP contribution in [0.1, 0.15) is 48.6 Å². The Bertz CT molecular complexity index is 988. The van der Waals surface area contributed by atoms with Crippen LogP contribution in [0.2, 0.25) is 0 Å². The molecule has 0 aromatic heterocycles. The average Bonchev–Trinajstić information content (AvgIpc) is 2.62. The number of hydrogen-bond donors (Lipinski definition) is 1. The molecule has 0 aliphatic heterocycles. The summed E-state index contributed by atoms with van der Waals surface area (Å²) in [6.07, 6.45) is 1.32. The standard InChI is InChI=1S/C22H29FN2O3S/c1-7-21(25(29(6,27)28)19-10-8-18(23)9-11-19)22(26)24-17(5)20-13-15(3)14(2)12-16(20)4/h8-13,17,21H,7H2,1-6H3,(H,24,26). The van der Waals surface area contributed by atoms with E-state index in [4.69, 9.17) is 0 Å². The first-order valence-electron chi connectivity index (χ1n) is 9.58. The van der Waals surface area contributed by atoms with Crippen LogP contribution in [0.25, 0.3) is 0 Å². The Morgan fingerprint density at radius 3 is 2.14 bits per heavy atom. The summed E-state index contributed by atoms with van der Waals surface area (Å²) in [5.74, 6) is -0.870. The number of hydrogen-bond acceptors (Lipinski definition) is 3. The van der Waals surface area contributed by atoms with Gasteiger partial charge in [0.15, 0.2) is 0 Å². The van der Waals surface area contributed by atoms with Gasteiger partial charge in [-0.05, 0) is 80.6 Å². The van der Waals surface area contributed by atoms with Crippen molar-refractivity contribution in [2.45, 2.75) is 53.1 Å². The van der Waals surface area contributed by atoms with Crippen LogP contribution in [-0.4, -0.2) is 26.6 Å². The molecule has 29 heavy (non-hydrogen) atoms. The first-order chi connectivity index (χ1) is 13.5. The van der Waals surface area contributed by atoms with Crippen molar-refractivity contribution in [1.29, 1.82) is 0 Å². The summed E-state index contributed by atoms with van der Waals surface area (Å²) in [5, 5.41) is 2.95. The van der Waals surface area contributed by atoms with Gasteiger partial charge in [0.05, 0.1) is 18.0 Å². The van der Waals surface area contributed by atoms with Gasteiger partial charge in [-0.25, -0.2) is 12.8 Å². The molecule has 7 heteroatoms. The van der Waals surface area contributed by atoms with Gasteiger partial charge in [-0.2, -0.15) is 0 Å². The van der Waals surface area contributed by atoms with Gasteiger partial charge in [-0.1, -0.05) is 19.1 Å². The number of nitrogens with zero attached hydrogens (tertiary/aromatic N) is 1. The quantitative estimate of drug-likeness (QED) is 0.731. The van der Waals surface area contributed by atoms with Crippen LogP contribution >= 0.6 is 0 Å². The number of anilines is 1. The molecular formula is C22H29FN2O3S. The number of sulfonamides is 1. The second-order valence-electron chi connectivity index (χ2n) is 7.48. The van der Waals surface area contributed by atoms with Crippen LogP contribution in [-0.2, 0) is 14.8 Å². The number of rotatable bonds is 7. The topological polar surface area (TPSA) is 66.5 Å². The number of carbonyl (C=O) groups excluding carboxylic acids is 1. The Labute approximate surface area is 173 Å². The molecule has 158 valence electrons. The lowest BCUT2D eigenvalue weighted by atomic mass is 9.96. The van der Waals surface area contributed by atoms with Gasteiger partial charge >= 0.3 is 0 Å². The van der Waals surface area contributed by atoms with E-state index in [0.717, 1.165) is 27.3 Å². The van der Waals surface area contributed by atoms with Crippen molar-refractivity contribution in [3.8, 4) is 0 Å². The molecule has 1 amide bonds. The fourth-order valence-corrected chi connectivity index (χ4v) is 4.70. The molecule has 0 bridgehead atoms. The van der Waals surface area contributed by atoms with Gasteiger partial charge in [-0.15, -0.1) is 0 Å². The highest BCUT2D eigenvalue weighted by Gasteiger charge is 2.32. The lowest BCUT2D eigenvalue weighted by Crippen LogP contribution is -2.49. The molecule has 2 aromatic rings. The maximum absolute atomic E-state index is 13.3. The first-order valence-corrected chi connectivity index (χ1v) is 11.4. The van der Waals surface area contributed by atoms with Crippen molar-refractivity contribution < 1.29 is 17.6 Å².